The topological polar surface area (TPSA) is 69.7 Å². The second kappa shape index (κ2) is 5.48. The van der Waals surface area contributed by atoms with Crippen LogP contribution in [-0.4, -0.2) is 47.8 Å². The Bertz CT molecular complexity index is 572. The van der Waals surface area contributed by atoms with Crippen LogP contribution in [0.15, 0.2) is 16.8 Å². The van der Waals surface area contributed by atoms with Gasteiger partial charge in [0.1, 0.15) is 0 Å². The van der Waals surface area contributed by atoms with Gasteiger partial charge in [-0.25, -0.2) is 0 Å². The predicted octanol–water partition coefficient (Wildman–Crippen LogP) is 0.590. The maximum atomic E-state index is 12.2. The Morgan fingerprint density at radius 2 is 2.24 bits per heavy atom. The molecule has 2 fully saturated rings. The van der Waals surface area contributed by atoms with Gasteiger partial charge in [0.15, 0.2) is 0 Å². The number of anilines is 1. The van der Waals surface area contributed by atoms with E-state index in [4.69, 9.17) is 0 Å². The molecule has 0 aliphatic carbocycles. The molecule has 0 aromatic carbocycles. The van der Waals surface area contributed by atoms with Gasteiger partial charge in [-0.3, -0.25) is 14.4 Å². The highest BCUT2D eigenvalue weighted by Gasteiger charge is 2.48. The van der Waals surface area contributed by atoms with Gasteiger partial charge in [0.25, 0.3) is 0 Å². The van der Waals surface area contributed by atoms with E-state index in [0.29, 0.717) is 13.0 Å². The van der Waals surface area contributed by atoms with Crippen molar-refractivity contribution in [3.05, 3.63) is 16.8 Å². The monoisotopic (exact) mass is 307 g/mol. The SMILES string of the molecule is CC(=O)NCC(=O)N1CC[C@@H]2[C@@H]1CC(=O)N2c1ccsc1. The summed E-state index contributed by atoms with van der Waals surface area (Å²) in [5.74, 6) is -0.264. The number of amides is 3. The first-order valence-corrected chi connectivity index (χ1v) is 7.90. The first-order valence-electron chi connectivity index (χ1n) is 6.96. The van der Waals surface area contributed by atoms with Crippen molar-refractivity contribution in [3.63, 3.8) is 0 Å². The smallest absolute Gasteiger partial charge is 0.242 e. The molecular weight excluding hydrogens is 290 g/mol. The molecule has 7 heteroatoms. The van der Waals surface area contributed by atoms with Crippen molar-refractivity contribution in [2.24, 2.45) is 0 Å². The summed E-state index contributed by atoms with van der Waals surface area (Å²) in [5, 5.41) is 6.43. The van der Waals surface area contributed by atoms with E-state index in [1.807, 2.05) is 21.7 Å². The molecule has 1 aromatic heterocycles. The average Bonchev–Trinajstić information content (AvgIpc) is 3.11. The Kier molecular flexibility index (Phi) is 3.67. The lowest BCUT2D eigenvalue weighted by atomic mass is 10.1. The van der Waals surface area contributed by atoms with Crippen molar-refractivity contribution in [1.29, 1.82) is 0 Å². The van der Waals surface area contributed by atoms with Gasteiger partial charge in [0.05, 0.1) is 24.3 Å². The second-order valence-corrected chi connectivity index (χ2v) is 6.15. The third-order valence-electron chi connectivity index (χ3n) is 4.09. The summed E-state index contributed by atoms with van der Waals surface area (Å²) in [4.78, 5) is 38.9. The number of nitrogens with zero attached hydrogens (tertiary/aromatic N) is 2. The Hall–Kier alpha value is -1.89. The molecule has 1 aromatic rings. The molecule has 1 N–H and O–H groups in total. The number of rotatable bonds is 3. The van der Waals surface area contributed by atoms with Crippen molar-refractivity contribution in [2.75, 3.05) is 18.0 Å². The maximum Gasteiger partial charge on any atom is 0.242 e. The fraction of sp³-hybridized carbons (Fsp3) is 0.500. The first kappa shape index (κ1) is 14.1. The number of hydrogen-bond donors (Lipinski definition) is 1. The standard InChI is InChI=1S/C14H17N3O3S/c1-9(18)15-7-14(20)16-4-2-11-12(16)6-13(19)17(11)10-3-5-21-8-10/h3,5,8,11-12H,2,4,6-7H2,1H3,(H,15,18)/t11-,12+/m1/s1. The van der Waals surface area contributed by atoms with E-state index in [-0.39, 0.29) is 36.3 Å². The van der Waals surface area contributed by atoms with Crippen LogP contribution in [0.1, 0.15) is 19.8 Å². The van der Waals surface area contributed by atoms with Crippen LogP contribution in [0.25, 0.3) is 0 Å². The zero-order valence-electron chi connectivity index (χ0n) is 11.7. The van der Waals surface area contributed by atoms with E-state index in [0.717, 1.165) is 12.1 Å². The molecule has 0 radical (unpaired) electrons. The van der Waals surface area contributed by atoms with Crippen molar-refractivity contribution >= 4 is 34.7 Å². The minimum absolute atomic E-state index is 0.00515. The van der Waals surface area contributed by atoms with E-state index in [2.05, 4.69) is 5.32 Å². The van der Waals surface area contributed by atoms with Crippen LogP contribution in [0.5, 0.6) is 0 Å². The molecule has 21 heavy (non-hydrogen) atoms. The molecule has 0 saturated carbocycles. The normalized spacial score (nSPS) is 24.3. The number of carbonyl (C=O) groups excluding carboxylic acids is 3. The van der Waals surface area contributed by atoms with E-state index in [9.17, 15) is 14.4 Å². The molecule has 0 unspecified atom stereocenters. The molecule has 2 aliphatic heterocycles. The van der Waals surface area contributed by atoms with E-state index >= 15 is 0 Å². The molecular formula is C14H17N3O3S. The molecule has 0 spiro atoms. The molecule has 0 bridgehead atoms. The molecule has 3 amide bonds. The van der Waals surface area contributed by atoms with Gasteiger partial charge in [-0.15, -0.1) is 0 Å². The van der Waals surface area contributed by atoms with Gasteiger partial charge in [-0.05, 0) is 17.9 Å². The summed E-state index contributed by atoms with van der Waals surface area (Å²) < 4.78 is 0. The number of thiophene rings is 1. The Labute approximate surface area is 126 Å². The lowest BCUT2D eigenvalue weighted by Gasteiger charge is -2.24. The third-order valence-corrected chi connectivity index (χ3v) is 4.76. The summed E-state index contributed by atoms with van der Waals surface area (Å²) in [6, 6.07) is 1.93. The van der Waals surface area contributed by atoms with Gasteiger partial charge in [-0.2, -0.15) is 11.3 Å². The van der Waals surface area contributed by atoms with E-state index in [1.165, 1.54) is 6.92 Å². The number of fused-ring (bicyclic) bond motifs is 1. The molecule has 112 valence electrons. The largest absolute Gasteiger partial charge is 0.347 e. The molecule has 6 nitrogen and oxygen atoms in total. The fourth-order valence-corrected chi connectivity index (χ4v) is 3.82. The van der Waals surface area contributed by atoms with Crippen LogP contribution in [0.3, 0.4) is 0 Å². The van der Waals surface area contributed by atoms with Crippen LogP contribution >= 0.6 is 11.3 Å². The quantitative estimate of drug-likeness (QED) is 0.888. The molecule has 3 rings (SSSR count). The van der Waals surface area contributed by atoms with Gasteiger partial charge >= 0.3 is 0 Å². The lowest BCUT2D eigenvalue weighted by Crippen LogP contribution is -2.44. The van der Waals surface area contributed by atoms with Gasteiger partial charge in [-0.1, -0.05) is 0 Å². The number of carbonyl (C=O) groups is 3. The Morgan fingerprint density at radius 1 is 1.43 bits per heavy atom. The van der Waals surface area contributed by atoms with Crippen LogP contribution in [0, 0.1) is 0 Å². The van der Waals surface area contributed by atoms with Crippen molar-refractivity contribution in [2.45, 2.75) is 31.8 Å². The fourth-order valence-electron chi connectivity index (χ4n) is 3.19. The number of nitrogens with one attached hydrogen (secondary N) is 1. The van der Waals surface area contributed by atoms with Crippen molar-refractivity contribution in [3.8, 4) is 0 Å². The highest BCUT2D eigenvalue weighted by Crippen LogP contribution is 2.36. The van der Waals surface area contributed by atoms with Crippen LogP contribution in [-0.2, 0) is 14.4 Å². The number of likely N-dealkylation sites (tertiary alicyclic amines) is 1. The first-order chi connectivity index (χ1) is 10.1. The summed E-state index contributed by atoms with van der Waals surface area (Å²) in [6.45, 7) is 2.03. The highest BCUT2D eigenvalue weighted by molar-refractivity contribution is 7.08. The molecule has 2 atom stereocenters. The lowest BCUT2D eigenvalue weighted by molar-refractivity contribution is -0.133. The van der Waals surface area contributed by atoms with Gasteiger partial charge < -0.3 is 15.1 Å². The second-order valence-electron chi connectivity index (χ2n) is 5.37. The van der Waals surface area contributed by atoms with Crippen molar-refractivity contribution in [1.82, 2.24) is 10.2 Å². The average molecular weight is 307 g/mol. The summed E-state index contributed by atoms with van der Waals surface area (Å²) in [7, 11) is 0. The van der Waals surface area contributed by atoms with E-state index in [1.54, 1.807) is 16.2 Å². The van der Waals surface area contributed by atoms with Crippen LogP contribution in [0.4, 0.5) is 5.69 Å². The van der Waals surface area contributed by atoms with Crippen LogP contribution in [0.2, 0.25) is 0 Å². The predicted molar refractivity (Wildman–Crippen MR) is 79.0 cm³/mol. The van der Waals surface area contributed by atoms with Gasteiger partial charge in [0, 0.05) is 25.3 Å². The maximum absolute atomic E-state index is 12.2. The Morgan fingerprint density at radius 3 is 2.90 bits per heavy atom. The van der Waals surface area contributed by atoms with Crippen molar-refractivity contribution < 1.29 is 14.4 Å². The molecule has 2 saturated heterocycles. The summed E-state index contributed by atoms with van der Waals surface area (Å²) in [5.41, 5.74) is 0.925. The highest BCUT2D eigenvalue weighted by atomic mass is 32.1. The summed E-state index contributed by atoms with van der Waals surface area (Å²) >= 11 is 1.56. The zero-order valence-corrected chi connectivity index (χ0v) is 12.6. The van der Waals surface area contributed by atoms with Gasteiger partial charge in [0.2, 0.25) is 17.7 Å². The zero-order chi connectivity index (χ0) is 15.0. The number of hydrogen-bond acceptors (Lipinski definition) is 4. The molecule has 2 aliphatic rings. The third kappa shape index (κ3) is 2.53. The minimum atomic E-state index is -0.221. The Balaban J connectivity index is 1.72. The van der Waals surface area contributed by atoms with E-state index < -0.39 is 0 Å². The molecule has 3 heterocycles. The summed E-state index contributed by atoms with van der Waals surface area (Å²) in [6.07, 6.45) is 1.16. The minimum Gasteiger partial charge on any atom is -0.347 e. The van der Waals surface area contributed by atoms with Crippen LogP contribution < -0.4 is 10.2 Å².